The number of nitrogens with zero attached hydrogens (tertiary/aromatic N) is 1. The maximum absolute atomic E-state index is 10.6. The lowest BCUT2D eigenvalue weighted by Gasteiger charge is -2.39. The molecule has 0 unspecified atom stereocenters. The Hall–Kier alpha value is -1.23. The predicted molar refractivity (Wildman–Crippen MR) is 72.7 cm³/mol. The van der Waals surface area contributed by atoms with Crippen LogP contribution in [0.1, 0.15) is 0 Å². The second kappa shape index (κ2) is 6.69. The van der Waals surface area contributed by atoms with Crippen molar-refractivity contribution in [3.05, 3.63) is 34.4 Å². The van der Waals surface area contributed by atoms with Crippen molar-refractivity contribution in [3.8, 4) is 0 Å². The van der Waals surface area contributed by atoms with Gasteiger partial charge in [-0.05, 0) is 12.1 Å². The standard InChI is InChI=1S/C12H15NO7S/c14-5-8-9(15)10(16)11(17)12(20-8)21-7-3-1-6(2-4-7)13(18)19/h1-4,8-12,14-17H,5H2/t8-,9+,10+,11-,12-/m1/s1. The molecule has 0 amide bonds. The molecule has 0 aromatic heterocycles. The fourth-order valence-electron chi connectivity index (χ4n) is 1.95. The van der Waals surface area contributed by atoms with Crippen LogP contribution < -0.4 is 0 Å². The minimum absolute atomic E-state index is 0.0619. The zero-order valence-electron chi connectivity index (χ0n) is 10.8. The molecule has 0 radical (unpaired) electrons. The van der Waals surface area contributed by atoms with Gasteiger partial charge in [0.15, 0.2) is 0 Å². The quantitative estimate of drug-likeness (QED) is 0.431. The Balaban J connectivity index is 2.08. The molecule has 1 aliphatic rings. The number of aliphatic hydroxyl groups excluding tert-OH is 4. The Kier molecular flexibility index (Phi) is 5.14. The molecule has 1 fully saturated rings. The van der Waals surface area contributed by atoms with E-state index in [1.54, 1.807) is 0 Å². The summed E-state index contributed by atoms with van der Waals surface area (Å²) in [6.07, 6.45) is -5.16. The molecule has 2 rings (SSSR count). The van der Waals surface area contributed by atoms with Crippen molar-refractivity contribution in [3.63, 3.8) is 0 Å². The van der Waals surface area contributed by atoms with Gasteiger partial charge in [-0.1, -0.05) is 11.8 Å². The van der Waals surface area contributed by atoms with Gasteiger partial charge in [-0.3, -0.25) is 10.1 Å². The number of nitro benzene ring substituents is 1. The Morgan fingerprint density at radius 2 is 1.76 bits per heavy atom. The third-order valence-corrected chi connectivity index (χ3v) is 4.31. The van der Waals surface area contributed by atoms with Gasteiger partial charge in [0, 0.05) is 17.0 Å². The van der Waals surface area contributed by atoms with E-state index in [1.165, 1.54) is 24.3 Å². The van der Waals surface area contributed by atoms with Gasteiger partial charge in [0.05, 0.1) is 11.5 Å². The summed E-state index contributed by atoms with van der Waals surface area (Å²) >= 11 is 1.04. The highest BCUT2D eigenvalue weighted by molar-refractivity contribution is 7.99. The largest absolute Gasteiger partial charge is 0.394 e. The topological polar surface area (TPSA) is 133 Å². The number of benzene rings is 1. The molecule has 1 aliphatic heterocycles. The van der Waals surface area contributed by atoms with Gasteiger partial charge < -0.3 is 25.2 Å². The Labute approximate surface area is 124 Å². The van der Waals surface area contributed by atoms with E-state index in [2.05, 4.69) is 0 Å². The second-order valence-corrected chi connectivity index (χ2v) is 5.74. The minimum atomic E-state index is -1.44. The third-order valence-electron chi connectivity index (χ3n) is 3.15. The molecule has 1 aromatic carbocycles. The molecule has 1 saturated heterocycles. The van der Waals surface area contributed by atoms with E-state index in [0.717, 1.165) is 11.8 Å². The molecule has 21 heavy (non-hydrogen) atoms. The first kappa shape index (κ1) is 16.1. The van der Waals surface area contributed by atoms with E-state index >= 15 is 0 Å². The third kappa shape index (κ3) is 3.51. The average molecular weight is 317 g/mol. The van der Waals surface area contributed by atoms with Crippen LogP contribution in [0, 0.1) is 10.1 Å². The highest BCUT2D eigenvalue weighted by atomic mass is 32.2. The van der Waals surface area contributed by atoms with Crippen molar-refractivity contribution in [2.45, 2.75) is 34.7 Å². The van der Waals surface area contributed by atoms with Gasteiger partial charge in [-0.15, -0.1) is 0 Å². The molecule has 0 saturated carbocycles. The van der Waals surface area contributed by atoms with Crippen LogP contribution >= 0.6 is 11.8 Å². The first-order valence-corrected chi connectivity index (χ1v) is 7.03. The van der Waals surface area contributed by atoms with E-state index in [4.69, 9.17) is 9.84 Å². The van der Waals surface area contributed by atoms with Crippen molar-refractivity contribution >= 4 is 17.4 Å². The maximum atomic E-state index is 10.6. The molecule has 4 N–H and O–H groups in total. The Bertz CT molecular complexity index is 495. The SMILES string of the molecule is O=[N+]([O-])c1ccc(S[C@H]2O[C@H](CO)[C@H](O)[C@H](O)[C@H]2O)cc1. The van der Waals surface area contributed by atoms with Crippen molar-refractivity contribution in [2.24, 2.45) is 0 Å². The summed E-state index contributed by atoms with van der Waals surface area (Å²) in [6, 6.07) is 5.60. The highest BCUT2D eigenvalue weighted by Crippen LogP contribution is 2.33. The van der Waals surface area contributed by atoms with E-state index < -0.39 is 41.4 Å². The smallest absolute Gasteiger partial charge is 0.269 e. The van der Waals surface area contributed by atoms with Crippen LogP contribution in [-0.2, 0) is 4.74 Å². The number of aliphatic hydroxyl groups is 4. The zero-order valence-corrected chi connectivity index (χ0v) is 11.6. The summed E-state index contributed by atoms with van der Waals surface area (Å²) in [4.78, 5) is 10.6. The van der Waals surface area contributed by atoms with Gasteiger partial charge in [0.25, 0.3) is 5.69 Å². The van der Waals surface area contributed by atoms with E-state index in [1.807, 2.05) is 0 Å². The fourth-order valence-corrected chi connectivity index (χ4v) is 3.01. The summed E-state index contributed by atoms with van der Waals surface area (Å²) in [5.41, 5.74) is -0.963. The predicted octanol–water partition coefficient (Wildman–Crippen LogP) is -0.513. The molecular formula is C12H15NO7S. The summed E-state index contributed by atoms with van der Waals surface area (Å²) in [7, 11) is 0. The summed E-state index contributed by atoms with van der Waals surface area (Å²) in [6.45, 7) is -0.498. The summed E-state index contributed by atoms with van der Waals surface area (Å²) in [5, 5.41) is 48.9. The van der Waals surface area contributed by atoms with Crippen molar-refractivity contribution in [1.82, 2.24) is 0 Å². The van der Waals surface area contributed by atoms with Crippen LogP contribution in [0.4, 0.5) is 5.69 Å². The Morgan fingerprint density at radius 1 is 1.14 bits per heavy atom. The molecule has 0 spiro atoms. The molecular weight excluding hydrogens is 302 g/mol. The van der Waals surface area contributed by atoms with E-state index in [0.29, 0.717) is 4.90 Å². The van der Waals surface area contributed by atoms with Gasteiger partial charge in [0.2, 0.25) is 0 Å². The fraction of sp³-hybridized carbons (Fsp3) is 0.500. The molecule has 9 heteroatoms. The van der Waals surface area contributed by atoms with Gasteiger partial charge >= 0.3 is 0 Å². The first-order chi connectivity index (χ1) is 9.93. The van der Waals surface area contributed by atoms with Crippen molar-refractivity contribution in [1.29, 1.82) is 0 Å². The van der Waals surface area contributed by atoms with E-state index in [-0.39, 0.29) is 5.69 Å². The van der Waals surface area contributed by atoms with Crippen LogP contribution in [-0.4, -0.2) is 61.8 Å². The molecule has 1 aromatic rings. The Morgan fingerprint density at radius 3 is 2.29 bits per heavy atom. The lowest BCUT2D eigenvalue weighted by atomic mass is 10.0. The minimum Gasteiger partial charge on any atom is -0.394 e. The summed E-state index contributed by atoms with van der Waals surface area (Å²) in [5.74, 6) is 0. The van der Waals surface area contributed by atoms with E-state index in [9.17, 15) is 25.4 Å². The van der Waals surface area contributed by atoms with Gasteiger partial charge in [0.1, 0.15) is 29.9 Å². The van der Waals surface area contributed by atoms with Crippen molar-refractivity contribution < 1.29 is 30.1 Å². The van der Waals surface area contributed by atoms with Crippen LogP contribution in [0.3, 0.4) is 0 Å². The number of rotatable bonds is 4. The first-order valence-electron chi connectivity index (χ1n) is 6.15. The van der Waals surface area contributed by atoms with Crippen molar-refractivity contribution in [2.75, 3.05) is 6.61 Å². The number of hydrogen-bond acceptors (Lipinski definition) is 8. The summed E-state index contributed by atoms with van der Waals surface area (Å²) < 4.78 is 5.33. The van der Waals surface area contributed by atoms with Crippen LogP contribution in [0.2, 0.25) is 0 Å². The average Bonchev–Trinajstić information content (AvgIpc) is 2.48. The van der Waals surface area contributed by atoms with Crippen LogP contribution in [0.15, 0.2) is 29.2 Å². The lowest BCUT2D eigenvalue weighted by molar-refractivity contribution is -0.384. The maximum Gasteiger partial charge on any atom is 0.269 e. The normalized spacial score (nSPS) is 32.9. The molecule has 8 nitrogen and oxygen atoms in total. The number of thioether (sulfide) groups is 1. The molecule has 0 aliphatic carbocycles. The van der Waals surface area contributed by atoms with Gasteiger partial charge in [-0.2, -0.15) is 0 Å². The van der Waals surface area contributed by atoms with Crippen LogP contribution in [0.25, 0.3) is 0 Å². The zero-order chi connectivity index (χ0) is 15.6. The number of ether oxygens (including phenoxy) is 1. The number of hydrogen-bond donors (Lipinski definition) is 4. The molecule has 0 bridgehead atoms. The number of nitro groups is 1. The molecule has 116 valence electrons. The molecule has 1 heterocycles. The van der Waals surface area contributed by atoms with Gasteiger partial charge in [-0.25, -0.2) is 0 Å². The van der Waals surface area contributed by atoms with Crippen LogP contribution in [0.5, 0.6) is 0 Å². The lowest BCUT2D eigenvalue weighted by Crippen LogP contribution is -2.57. The number of non-ortho nitro benzene ring substituents is 1. The monoisotopic (exact) mass is 317 g/mol. The highest BCUT2D eigenvalue weighted by Gasteiger charge is 2.43. The second-order valence-electron chi connectivity index (χ2n) is 4.57. The molecule has 5 atom stereocenters.